The lowest BCUT2D eigenvalue weighted by Crippen LogP contribution is -2.37. The van der Waals surface area contributed by atoms with Crippen molar-refractivity contribution in [2.24, 2.45) is 0 Å². The molecule has 2 aliphatic rings. The summed E-state index contributed by atoms with van der Waals surface area (Å²) in [4.78, 5) is 0. The summed E-state index contributed by atoms with van der Waals surface area (Å²) in [7, 11) is 0. The summed E-state index contributed by atoms with van der Waals surface area (Å²) in [6.07, 6.45) is 9.74. The molecule has 2 unspecified atom stereocenters. The predicted molar refractivity (Wildman–Crippen MR) is 60.5 cm³/mol. The van der Waals surface area contributed by atoms with Crippen molar-refractivity contribution >= 4 is 0 Å². The highest BCUT2D eigenvalue weighted by Gasteiger charge is 2.24. The molecule has 0 spiro atoms. The molecule has 2 nitrogen and oxygen atoms in total. The van der Waals surface area contributed by atoms with Crippen LogP contribution in [-0.4, -0.2) is 24.7 Å². The Bertz CT molecular complexity index is 158. The number of hydrogen-bond donors (Lipinski definition) is 2. The van der Waals surface area contributed by atoms with Gasteiger partial charge in [-0.05, 0) is 45.6 Å². The second kappa shape index (κ2) is 5.13. The Hall–Kier alpha value is -0.0800. The molecule has 0 aromatic heterocycles. The molecule has 0 aromatic rings. The van der Waals surface area contributed by atoms with E-state index in [-0.39, 0.29) is 0 Å². The van der Waals surface area contributed by atoms with Gasteiger partial charge in [0.25, 0.3) is 0 Å². The van der Waals surface area contributed by atoms with Crippen molar-refractivity contribution in [3.05, 3.63) is 0 Å². The summed E-state index contributed by atoms with van der Waals surface area (Å²) < 4.78 is 0. The highest BCUT2D eigenvalue weighted by atomic mass is 15.0. The molecule has 2 rings (SSSR count). The Kier molecular flexibility index (Phi) is 3.82. The second-order valence-corrected chi connectivity index (χ2v) is 5.08. The van der Waals surface area contributed by atoms with Gasteiger partial charge in [0.2, 0.25) is 0 Å². The lowest BCUT2D eigenvalue weighted by atomic mass is 10.0. The zero-order chi connectivity index (χ0) is 9.80. The monoisotopic (exact) mass is 196 g/mol. The molecule has 2 N–H and O–H groups in total. The molecule has 2 atom stereocenters. The van der Waals surface area contributed by atoms with Crippen LogP contribution in [0, 0.1) is 0 Å². The van der Waals surface area contributed by atoms with E-state index in [4.69, 9.17) is 0 Å². The molecule has 2 fully saturated rings. The van der Waals surface area contributed by atoms with Crippen molar-refractivity contribution in [2.45, 2.75) is 70.0 Å². The third-order valence-electron chi connectivity index (χ3n) is 3.40. The molecule has 2 heteroatoms. The van der Waals surface area contributed by atoms with Crippen LogP contribution in [-0.2, 0) is 0 Å². The van der Waals surface area contributed by atoms with Crippen molar-refractivity contribution in [2.75, 3.05) is 6.54 Å². The zero-order valence-corrected chi connectivity index (χ0v) is 9.39. The largest absolute Gasteiger partial charge is 0.314 e. The third kappa shape index (κ3) is 3.58. The average molecular weight is 196 g/mol. The van der Waals surface area contributed by atoms with E-state index in [1.165, 1.54) is 51.5 Å². The van der Waals surface area contributed by atoms with Crippen molar-refractivity contribution in [1.29, 1.82) is 0 Å². The van der Waals surface area contributed by atoms with E-state index in [1.807, 2.05) is 0 Å². The molecule has 14 heavy (non-hydrogen) atoms. The van der Waals surface area contributed by atoms with Gasteiger partial charge in [0, 0.05) is 18.1 Å². The summed E-state index contributed by atoms with van der Waals surface area (Å²) in [6.45, 7) is 3.58. The van der Waals surface area contributed by atoms with E-state index in [1.54, 1.807) is 0 Å². The Morgan fingerprint density at radius 3 is 2.86 bits per heavy atom. The van der Waals surface area contributed by atoms with E-state index in [0.29, 0.717) is 6.04 Å². The van der Waals surface area contributed by atoms with Crippen LogP contribution in [0.25, 0.3) is 0 Å². The first-order valence-corrected chi connectivity index (χ1v) is 6.34. The molecule has 1 heterocycles. The van der Waals surface area contributed by atoms with Gasteiger partial charge in [-0.1, -0.05) is 12.8 Å². The highest BCUT2D eigenvalue weighted by Crippen LogP contribution is 2.21. The molecule has 1 aliphatic carbocycles. The molecular weight excluding hydrogens is 172 g/mol. The Labute approximate surface area is 87.8 Å². The molecule has 1 aliphatic heterocycles. The van der Waals surface area contributed by atoms with Gasteiger partial charge < -0.3 is 10.6 Å². The summed E-state index contributed by atoms with van der Waals surface area (Å²) in [5.74, 6) is 0. The van der Waals surface area contributed by atoms with Gasteiger partial charge in [0.05, 0.1) is 0 Å². The molecule has 0 aromatic carbocycles. The SMILES string of the molecule is CC(CC1CCCCCN1)NC1CC1. The van der Waals surface area contributed by atoms with Gasteiger partial charge in [-0.15, -0.1) is 0 Å². The van der Waals surface area contributed by atoms with Crippen molar-refractivity contribution < 1.29 is 0 Å². The van der Waals surface area contributed by atoms with E-state index in [2.05, 4.69) is 17.6 Å². The number of nitrogens with one attached hydrogen (secondary N) is 2. The van der Waals surface area contributed by atoms with E-state index < -0.39 is 0 Å². The van der Waals surface area contributed by atoms with Gasteiger partial charge in [0.15, 0.2) is 0 Å². The predicted octanol–water partition coefficient (Wildman–Crippen LogP) is 2.05. The standard InChI is InChI=1S/C12H24N2/c1-10(14-11-6-7-11)9-12-5-3-2-4-8-13-12/h10-14H,2-9H2,1H3. The third-order valence-corrected chi connectivity index (χ3v) is 3.40. The lowest BCUT2D eigenvalue weighted by molar-refractivity contribution is 0.402. The first-order chi connectivity index (χ1) is 6.84. The van der Waals surface area contributed by atoms with Crippen LogP contribution in [0.3, 0.4) is 0 Å². The van der Waals surface area contributed by atoms with Crippen molar-refractivity contribution in [3.8, 4) is 0 Å². The minimum Gasteiger partial charge on any atom is -0.314 e. The number of rotatable bonds is 4. The van der Waals surface area contributed by atoms with Crippen LogP contribution in [0.4, 0.5) is 0 Å². The maximum Gasteiger partial charge on any atom is 0.00817 e. The zero-order valence-electron chi connectivity index (χ0n) is 9.39. The fourth-order valence-corrected chi connectivity index (χ4v) is 2.45. The maximum absolute atomic E-state index is 3.68. The lowest BCUT2D eigenvalue weighted by Gasteiger charge is -2.21. The van der Waals surface area contributed by atoms with Crippen molar-refractivity contribution in [3.63, 3.8) is 0 Å². The highest BCUT2D eigenvalue weighted by molar-refractivity contribution is 4.85. The Morgan fingerprint density at radius 1 is 1.21 bits per heavy atom. The van der Waals surface area contributed by atoms with Gasteiger partial charge in [-0.25, -0.2) is 0 Å². The Balaban J connectivity index is 1.65. The van der Waals surface area contributed by atoms with E-state index >= 15 is 0 Å². The van der Waals surface area contributed by atoms with Crippen LogP contribution in [0.5, 0.6) is 0 Å². The first kappa shape index (κ1) is 10.4. The van der Waals surface area contributed by atoms with Crippen LogP contribution in [0.15, 0.2) is 0 Å². The minimum absolute atomic E-state index is 0.707. The molecular formula is C12H24N2. The summed E-state index contributed by atoms with van der Waals surface area (Å²) in [6, 6.07) is 2.34. The molecule has 82 valence electrons. The van der Waals surface area contributed by atoms with Gasteiger partial charge in [-0.3, -0.25) is 0 Å². The first-order valence-electron chi connectivity index (χ1n) is 6.34. The quantitative estimate of drug-likeness (QED) is 0.719. The molecule has 1 saturated carbocycles. The smallest absolute Gasteiger partial charge is 0.00817 e. The fraction of sp³-hybridized carbons (Fsp3) is 1.00. The minimum atomic E-state index is 0.707. The van der Waals surface area contributed by atoms with E-state index in [9.17, 15) is 0 Å². The Morgan fingerprint density at radius 2 is 2.07 bits per heavy atom. The topological polar surface area (TPSA) is 24.1 Å². The molecule has 0 bridgehead atoms. The fourth-order valence-electron chi connectivity index (χ4n) is 2.45. The summed E-state index contributed by atoms with van der Waals surface area (Å²) in [5, 5.41) is 7.35. The van der Waals surface area contributed by atoms with Crippen LogP contribution < -0.4 is 10.6 Å². The summed E-state index contributed by atoms with van der Waals surface area (Å²) >= 11 is 0. The van der Waals surface area contributed by atoms with Gasteiger partial charge in [0.1, 0.15) is 0 Å². The van der Waals surface area contributed by atoms with Crippen molar-refractivity contribution in [1.82, 2.24) is 10.6 Å². The molecule has 0 amide bonds. The van der Waals surface area contributed by atoms with E-state index in [0.717, 1.165) is 12.1 Å². The van der Waals surface area contributed by atoms with Crippen LogP contribution in [0.1, 0.15) is 51.9 Å². The van der Waals surface area contributed by atoms with Crippen LogP contribution >= 0.6 is 0 Å². The van der Waals surface area contributed by atoms with Gasteiger partial charge in [-0.2, -0.15) is 0 Å². The van der Waals surface area contributed by atoms with Crippen LogP contribution in [0.2, 0.25) is 0 Å². The molecule has 1 saturated heterocycles. The normalized spacial score (nSPS) is 31.1. The summed E-state index contributed by atoms with van der Waals surface area (Å²) in [5.41, 5.74) is 0. The number of hydrogen-bond acceptors (Lipinski definition) is 2. The maximum atomic E-state index is 3.68. The van der Waals surface area contributed by atoms with Gasteiger partial charge >= 0.3 is 0 Å². The second-order valence-electron chi connectivity index (χ2n) is 5.08. The molecule has 0 radical (unpaired) electrons. The average Bonchev–Trinajstić information content (AvgIpc) is 2.93.